The van der Waals surface area contributed by atoms with Crippen LogP contribution < -0.4 is 0 Å². The number of fused-ring (bicyclic) bond motifs is 2. The van der Waals surface area contributed by atoms with E-state index in [0.29, 0.717) is 19.0 Å². The summed E-state index contributed by atoms with van der Waals surface area (Å²) in [5.41, 5.74) is 2.73. The van der Waals surface area contributed by atoms with Crippen molar-refractivity contribution in [3.8, 4) is 0 Å². The molecule has 25 heavy (non-hydrogen) atoms. The number of halogens is 1. The van der Waals surface area contributed by atoms with Gasteiger partial charge in [0.05, 0.1) is 18.8 Å². The highest BCUT2D eigenvalue weighted by Crippen LogP contribution is 2.27. The molecule has 0 atom stereocenters. The van der Waals surface area contributed by atoms with E-state index >= 15 is 0 Å². The van der Waals surface area contributed by atoms with Crippen LogP contribution in [-0.2, 0) is 24.4 Å². The van der Waals surface area contributed by atoms with Gasteiger partial charge in [-0.15, -0.1) is 11.3 Å². The molecule has 0 saturated carbocycles. The van der Waals surface area contributed by atoms with E-state index in [9.17, 15) is 4.79 Å². The molecule has 130 valence electrons. The lowest BCUT2D eigenvalue weighted by Crippen LogP contribution is -2.32. The topological polar surface area (TPSA) is 47.4 Å². The number of esters is 1. The Hall–Kier alpha value is -1.70. The molecule has 2 aromatic heterocycles. The van der Waals surface area contributed by atoms with Gasteiger partial charge in [0, 0.05) is 27.8 Å². The van der Waals surface area contributed by atoms with E-state index in [2.05, 4.69) is 37.4 Å². The zero-order valence-corrected chi connectivity index (χ0v) is 16.3. The monoisotopic (exact) mass is 419 g/mol. The maximum Gasteiger partial charge on any atom is 0.359 e. The fraction of sp³-hybridized carbons (Fsp3) is 0.333. The smallest absolute Gasteiger partial charge is 0.359 e. The van der Waals surface area contributed by atoms with Crippen LogP contribution in [0, 0.1) is 0 Å². The molecule has 4 rings (SSSR count). The summed E-state index contributed by atoms with van der Waals surface area (Å²) in [6.07, 6.45) is 1.07. The minimum atomic E-state index is -0.372. The lowest BCUT2D eigenvalue weighted by atomic mass is 10.1. The summed E-state index contributed by atoms with van der Waals surface area (Å²) in [7, 11) is 0. The molecule has 0 aliphatic carbocycles. The number of carbonyl (C=O) groups excluding carboxylic acids is 1. The van der Waals surface area contributed by atoms with E-state index < -0.39 is 0 Å². The first-order chi connectivity index (χ1) is 12.2. The van der Waals surface area contributed by atoms with Crippen LogP contribution in [-0.4, -0.2) is 33.8 Å². The van der Waals surface area contributed by atoms with Crippen molar-refractivity contribution in [2.45, 2.75) is 26.6 Å². The summed E-state index contributed by atoms with van der Waals surface area (Å²) in [4.78, 5) is 16.1. The van der Waals surface area contributed by atoms with Crippen molar-refractivity contribution < 1.29 is 9.53 Å². The normalized spacial score (nSPS) is 14.6. The highest BCUT2D eigenvalue weighted by Gasteiger charge is 2.22. The molecule has 7 heteroatoms. The zero-order chi connectivity index (χ0) is 17.4. The second-order valence-corrected chi connectivity index (χ2v) is 7.96. The van der Waals surface area contributed by atoms with Crippen LogP contribution in [0.25, 0.3) is 10.9 Å². The highest BCUT2D eigenvalue weighted by molar-refractivity contribution is 9.10. The molecule has 0 spiro atoms. The van der Waals surface area contributed by atoms with Crippen molar-refractivity contribution in [2.24, 2.45) is 0 Å². The van der Waals surface area contributed by atoms with Crippen LogP contribution in [0.3, 0.4) is 0 Å². The number of hydrogen-bond acceptors (Lipinski definition) is 5. The van der Waals surface area contributed by atoms with Crippen LogP contribution in [0.1, 0.15) is 27.9 Å². The van der Waals surface area contributed by atoms with Crippen LogP contribution >= 0.6 is 27.3 Å². The van der Waals surface area contributed by atoms with Gasteiger partial charge in [-0.2, -0.15) is 5.10 Å². The molecular formula is C18H18BrN3O2S. The number of rotatable bonds is 4. The molecule has 0 unspecified atom stereocenters. The summed E-state index contributed by atoms with van der Waals surface area (Å²) >= 11 is 5.31. The maximum absolute atomic E-state index is 12.3. The van der Waals surface area contributed by atoms with Gasteiger partial charge >= 0.3 is 5.97 Å². The van der Waals surface area contributed by atoms with Gasteiger partial charge in [0.15, 0.2) is 5.69 Å². The second kappa shape index (κ2) is 6.90. The summed E-state index contributed by atoms with van der Waals surface area (Å²) < 4.78 is 8.00. The van der Waals surface area contributed by atoms with Gasteiger partial charge in [-0.05, 0) is 48.6 Å². The Morgan fingerprint density at radius 1 is 1.40 bits per heavy atom. The first-order valence-electron chi connectivity index (χ1n) is 8.26. The Labute approximate surface area is 158 Å². The first-order valence-corrected chi connectivity index (χ1v) is 9.93. The molecule has 0 radical (unpaired) electrons. The maximum atomic E-state index is 12.3. The Bertz CT molecular complexity index is 934. The van der Waals surface area contributed by atoms with Gasteiger partial charge in [-0.1, -0.05) is 15.9 Å². The van der Waals surface area contributed by atoms with Gasteiger partial charge < -0.3 is 4.74 Å². The minimum absolute atomic E-state index is 0.342. The van der Waals surface area contributed by atoms with E-state index in [1.54, 1.807) is 6.92 Å². The third-order valence-corrected chi connectivity index (χ3v) is 5.92. The van der Waals surface area contributed by atoms with E-state index in [1.165, 1.54) is 10.4 Å². The Balaban J connectivity index is 1.67. The van der Waals surface area contributed by atoms with Crippen molar-refractivity contribution in [1.29, 1.82) is 0 Å². The highest BCUT2D eigenvalue weighted by atomic mass is 79.9. The number of thiophene rings is 1. The molecule has 0 amide bonds. The third kappa shape index (κ3) is 3.23. The van der Waals surface area contributed by atoms with Crippen molar-refractivity contribution in [3.05, 3.63) is 50.3 Å². The Morgan fingerprint density at radius 2 is 2.28 bits per heavy atom. The molecule has 0 N–H and O–H groups in total. The van der Waals surface area contributed by atoms with Gasteiger partial charge in [0.1, 0.15) is 0 Å². The summed E-state index contributed by atoms with van der Waals surface area (Å²) in [5, 5.41) is 7.55. The number of ether oxygens (including phenoxy) is 1. The molecule has 0 saturated heterocycles. The molecule has 3 aromatic rings. The molecule has 3 heterocycles. The lowest BCUT2D eigenvalue weighted by molar-refractivity contribution is 0.0519. The SMILES string of the molecule is CCOC(=O)c1nn(CN2CCc3sccc3C2)c2ccc(Br)cc12. The second-order valence-electron chi connectivity index (χ2n) is 6.04. The predicted molar refractivity (Wildman–Crippen MR) is 102 cm³/mol. The zero-order valence-electron chi connectivity index (χ0n) is 13.9. The fourth-order valence-corrected chi connectivity index (χ4v) is 4.48. The first kappa shape index (κ1) is 16.8. The molecule has 0 bridgehead atoms. The van der Waals surface area contributed by atoms with E-state index in [-0.39, 0.29) is 5.97 Å². The molecule has 0 fully saturated rings. The van der Waals surface area contributed by atoms with Crippen molar-refractivity contribution >= 4 is 44.1 Å². The standard InChI is InChI=1S/C18H18BrN3O2S/c1-2-24-18(23)17-14-9-13(19)3-4-15(14)22(20-17)11-21-7-5-16-12(10-21)6-8-25-16/h3-4,6,8-9H,2,5,7,10-11H2,1H3. The Morgan fingerprint density at radius 3 is 3.12 bits per heavy atom. The average Bonchev–Trinajstić information content (AvgIpc) is 3.19. The molecule has 1 aliphatic heterocycles. The largest absolute Gasteiger partial charge is 0.461 e. The number of nitrogens with zero attached hydrogens (tertiary/aromatic N) is 3. The molecule has 1 aliphatic rings. The minimum Gasteiger partial charge on any atom is -0.461 e. The van der Waals surface area contributed by atoms with Crippen LogP contribution in [0.5, 0.6) is 0 Å². The molecule has 5 nitrogen and oxygen atoms in total. The van der Waals surface area contributed by atoms with E-state index in [0.717, 1.165) is 34.9 Å². The summed E-state index contributed by atoms with van der Waals surface area (Å²) in [6.45, 7) is 4.73. The van der Waals surface area contributed by atoms with Crippen LogP contribution in [0.15, 0.2) is 34.1 Å². The van der Waals surface area contributed by atoms with Gasteiger partial charge in [0.2, 0.25) is 0 Å². The van der Waals surface area contributed by atoms with Gasteiger partial charge in [-0.3, -0.25) is 4.90 Å². The summed E-state index contributed by atoms with van der Waals surface area (Å²) in [5.74, 6) is -0.372. The van der Waals surface area contributed by atoms with E-state index in [1.807, 2.05) is 34.2 Å². The van der Waals surface area contributed by atoms with Crippen molar-refractivity contribution in [3.63, 3.8) is 0 Å². The average molecular weight is 420 g/mol. The predicted octanol–water partition coefficient (Wildman–Crippen LogP) is 4.05. The van der Waals surface area contributed by atoms with Crippen LogP contribution in [0.4, 0.5) is 0 Å². The van der Waals surface area contributed by atoms with Crippen LogP contribution in [0.2, 0.25) is 0 Å². The fourth-order valence-electron chi connectivity index (χ4n) is 3.23. The molecular weight excluding hydrogens is 402 g/mol. The number of aromatic nitrogens is 2. The number of benzene rings is 1. The van der Waals surface area contributed by atoms with Crippen molar-refractivity contribution in [1.82, 2.24) is 14.7 Å². The van der Waals surface area contributed by atoms with Crippen molar-refractivity contribution in [2.75, 3.05) is 13.2 Å². The number of hydrogen-bond donors (Lipinski definition) is 0. The van der Waals surface area contributed by atoms with Gasteiger partial charge in [0.25, 0.3) is 0 Å². The van der Waals surface area contributed by atoms with Gasteiger partial charge in [-0.25, -0.2) is 9.48 Å². The quantitative estimate of drug-likeness (QED) is 0.598. The van der Waals surface area contributed by atoms with E-state index in [4.69, 9.17) is 4.74 Å². The number of carbonyl (C=O) groups is 1. The Kier molecular flexibility index (Phi) is 4.62. The lowest BCUT2D eigenvalue weighted by Gasteiger charge is -2.26. The third-order valence-electron chi connectivity index (χ3n) is 4.40. The summed E-state index contributed by atoms with van der Waals surface area (Å²) in [6, 6.07) is 8.10. The molecule has 1 aromatic carbocycles.